The van der Waals surface area contributed by atoms with Crippen molar-refractivity contribution in [3.63, 3.8) is 0 Å². The van der Waals surface area contributed by atoms with Gasteiger partial charge in [0.1, 0.15) is 24.8 Å². The molecule has 0 spiro atoms. The van der Waals surface area contributed by atoms with Crippen molar-refractivity contribution in [2.24, 2.45) is 9.98 Å². The number of amidine groups is 2. The first-order chi connectivity index (χ1) is 23.5. The van der Waals surface area contributed by atoms with E-state index in [4.69, 9.17) is 32.9 Å². The van der Waals surface area contributed by atoms with Crippen LogP contribution in [0.5, 0.6) is 0 Å². The number of halogens is 2. The maximum absolute atomic E-state index is 13.2. The summed E-state index contributed by atoms with van der Waals surface area (Å²) in [5.74, 6) is -0.249. The molecule has 2 N–H and O–H groups in total. The van der Waals surface area contributed by atoms with Gasteiger partial charge in [-0.05, 0) is 24.3 Å². The minimum atomic E-state index is -0.788. The second kappa shape index (κ2) is 15.5. The molecule has 0 aliphatic carbocycles. The van der Waals surface area contributed by atoms with E-state index in [9.17, 15) is 9.59 Å². The van der Waals surface area contributed by atoms with Crippen LogP contribution in [0.1, 0.15) is 0 Å². The Hall–Kier alpha value is -5.32. The highest BCUT2D eigenvalue weighted by molar-refractivity contribution is 6.34. The van der Waals surface area contributed by atoms with E-state index in [0.29, 0.717) is 59.3 Å². The summed E-state index contributed by atoms with van der Waals surface area (Å²) in [7, 11) is 0. The minimum Gasteiger partial charge on any atom is -0.370 e. The molecular formula is C36H32Cl2N6O4. The standard InChI is InChI=1S/C36H32Cl2N6O4/c37-29-13-5-1-9-25(29)27-11-3-7-15-31(27)43(23-33-39-19-20-40-33)47-35(45)17-18-36(46)48-44(24-34-41-21-22-42-34)32-16-8-4-12-28(32)26-10-2-6-14-30(26)38/h1-18H,19-24H2,(H,39,40)(H,41,42)/b18-17+. The summed E-state index contributed by atoms with van der Waals surface area (Å²) in [5, 5.41) is 10.4. The SMILES string of the molecule is O=C(/C=C/C(=O)ON(CC1=NCCN1)c1ccccc1-c1ccccc1Cl)ON(CC1=NCCN1)c1ccccc1-c1ccccc1Cl. The van der Waals surface area contributed by atoms with Gasteiger partial charge in [0.25, 0.3) is 0 Å². The number of carbonyl (C=O) groups is 2. The van der Waals surface area contributed by atoms with E-state index in [1.165, 1.54) is 10.1 Å². The summed E-state index contributed by atoms with van der Waals surface area (Å²) < 4.78 is 0. The zero-order chi connectivity index (χ0) is 33.3. The van der Waals surface area contributed by atoms with Gasteiger partial charge in [-0.1, -0.05) is 96.0 Å². The molecule has 0 radical (unpaired) electrons. The van der Waals surface area contributed by atoms with Crippen LogP contribution < -0.4 is 20.8 Å². The van der Waals surface area contributed by atoms with E-state index >= 15 is 0 Å². The Morgan fingerprint density at radius 1 is 0.604 bits per heavy atom. The number of benzene rings is 4. The van der Waals surface area contributed by atoms with Gasteiger partial charge in [-0.3, -0.25) is 9.98 Å². The molecule has 0 aromatic heterocycles. The van der Waals surface area contributed by atoms with Gasteiger partial charge in [0.2, 0.25) is 0 Å². The fourth-order valence-corrected chi connectivity index (χ4v) is 5.80. The van der Waals surface area contributed by atoms with Crippen molar-refractivity contribution in [1.82, 2.24) is 10.6 Å². The van der Waals surface area contributed by atoms with E-state index in [1.54, 1.807) is 12.1 Å². The van der Waals surface area contributed by atoms with Gasteiger partial charge in [0, 0.05) is 57.5 Å². The number of rotatable bonds is 12. The summed E-state index contributed by atoms with van der Waals surface area (Å²) in [6.07, 6.45) is 2.06. The van der Waals surface area contributed by atoms with E-state index in [-0.39, 0.29) is 13.1 Å². The minimum absolute atomic E-state index is 0.160. The molecule has 4 aromatic carbocycles. The number of anilines is 2. The summed E-state index contributed by atoms with van der Waals surface area (Å²) >= 11 is 13.1. The molecule has 0 atom stereocenters. The van der Waals surface area contributed by atoms with Crippen molar-refractivity contribution < 1.29 is 19.3 Å². The van der Waals surface area contributed by atoms with Crippen LogP contribution >= 0.6 is 23.2 Å². The second-order valence-corrected chi connectivity index (χ2v) is 11.5. The average Bonchev–Trinajstić information content (AvgIpc) is 3.82. The second-order valence-electron chi connectivity index (χ2n) is 10.7. The summed E-state index contributed by atoms with van der Waals surface area (Å²) in [6, 6.07) is 29.7. The van der Waals surface area contributed by atoms with Crippen molar-refractivity contribution >= 4 is 58.2 Å². The molecule has 2 aliphatic heterocycles. The van der Waals surface area contributed by atoms with Gasteiger partial charge in [0.15, 0.2) is 0 Å². The number of hydroxylamine groups is 2. The van der Waals surface area contributed by atoms with E-state index in [1.807, 2.05) is 84.9 Å². The maximum Gasteiger partial charge on any atom is 0.356 e. The lowest BCUT2D eigenvalue weighted by Gasteiger charge is -2.26. The number of para-hydroxylation sites is 2. The van der Waals surface area contributed by atoms with Gasteiger partial charge in [-0.2, -0.15) is 10.1 Å². The zero-order valence-electron chi connectivity index (χ0n) is 25.8. The quantitative estimate of drug-likeness (QED) is 0.136. The van der Waals surface area contributed by atoms with Crippen LogP contribution in [0.15, 0.2) is 119 Å². The fraction of sp³-hybridized carbons (Fsp3) is 0.167. The third-order valence-corrected chi connectivity index (χ3v) is 8.16. The third-order valence-electron chi connectivity index (χ3n) is 7.50. The third kappa shape index (κ3) is 7.96. The van der Waals surface area contributed by atoms with Crippen LogP contribution in [0.25, 0.3) is 22.3 Å². The fourth-order valence-electron chi connectivity index (χ4n) is 5.32. The average molecular weight is 684 g/mol. The van der Waals surface area contributed by atoms with Gasteiger partial charge in [-0.25, -0.2) is 9.59 Å². The molecule has 4 aromatic rings. The van der Waals surface area contributed by atoms with Gasteiger partial charge >= 0.3 is 11.9 Å². The van der Waals surface area contributed by atoms with Crippen LogP contribution in [-0.2, 0) is 19.3 Å². The normalized spacial score (nSPS) is 13.7. The Kier molecular flexibility index (Phi) is 10.5. The molecule has 0 amide bonds. The molecule has 0 saturated heterocycles. The lowest BCUT2D eigenvalue weighted by Crippen LogP contribution is -2.37. The van der Waals surface area contributed by atoms with Gasteiger partial charge in [-0.15, -0.1) is 0 Å². The predicted molar refractivity (Wildman–Crippen MR) is 190 cm³/mol. The van der Waals surface area contributed by atoms with Crippen LogP contribution in [-0.4, -0.2) is 62.9 Å². The van der Waals surface area contributed by atoms with E-state index in [0.717, 1.165) is 34.4 Å². The Morgan fingerprint density at radius 2 is 0.979 bits per heavy atom. The van der Waals surface area contributed by atoms with E-state index < -0.39 is 11.9 Å². The molecule has 10 nitrogen and oxygen atoms in total. The van der Waals surface area contributed by atoms with Crippen molar-refractivity contribution in [2.45, 2.75) is 0 Å². The molecule has 0 bridgehead atoms. The predicted octanol–water partition coefficient (Wildman–Crippen LogP) is 6.12. The van der Waals surface area contributed by atoms with Crippen molar-refractivity contribution in [1.29, 1.82) is 0 Å². The molecule has 244 valence electrons. The number of hydrogen-bond donors (Lipinski definition) is 2. The van der Waals surface area contributed by atoms with Crippen LogP contribution in [0.4, 0.5) is 11.4 Å². The number of hydrogen-bond acceptors (Lipinski definition) is 10. The number of nitrogens with zero attached hydrogens (tertiary/aromatic N) is 4. The van der Waals surface area contributed by atoms with Crippen molar-refractivity contribution in [3.8, 4) is 22.3 Å². The lowest BCUT2D eigenvalue weighted by molar-refractivity contribution is -0.141. The number of carbonyl (C=O) groups excluding carboxylic acids is 2. The molecule has 2 aliphatic rings. The van der Waals surface area contributed by atoms with Gasteiger partial charge in [0.05, 0.1) is 24.5 Å². The summed E-state index contributed by atoms with van der Waals surface area (Å²) in [6.45, 7) is 2.93. The molecule has 0 fully saturated rings. The first kappa shape index (κ1) is 32.6. The Morgan fingerprint density at radius 3 is 1.35 bits per heavy atom. The van der Waals surface area contributed by atoms with E-state index in [2.05, 4.69) is 20.6 Å². The summed E-state index contributed by atoms with van der Waals surface area (Å²) in [4.78, 5) is 47.0. The largest absolute Gasteiger partial charge is 0.370 e. The first-order valence-electron chi connectivity index (χ1n) is 15.4. The Balaban J connectivity index is 1.23. The Labute approximate surface area is 288 Å². The molecule has 12 heteroatoms. The van der Waals surface area contributed by atoms with Crippen molar-refractivity contribution in [3.05, 3.63) is 119 Å². The lowest BCUT2D eigenvalue weighted by atomic mass is 10.0. The highest BCUT2D eigenvalue weighted by Gasteiger charge is 2.23. The highest BCUT2D eigenvalue weighted by atomic mass is 35.5. The molecular weight excluding hydrogens is 651 g/mol. The number of aliphatic imine (C=N–C) groups is 2. The molecule has 0 saturated carbocycles. The topological polar surface area (TPSA) is 108 Å². The maximum atomic E-state index is 13.2. The van der Waals surface area contributed by atoms with Crippen LogP contribution in [0, 0.1) is 0 Å². The first-order valence-corrected chi connectivity index (χ1v) is 16.1. The highest BCUT2D eigenvalue weighted by Crippen LogP contribution is 2.37. The smallest absolute Gasteiger partial charge is 0.356 e. The molecule has 6 rings (SSSR count). The Bertz CT molecular complexity index is 1760. The molecule has 0 unspecified atom stereocenters. The van der Waals surface area contributed by atoms with Gasteiger partial charge < -0.3 is 20.3 Å². The van der Waals surface area contributed by atoms with Crippen LogP contribution in [0.3, 0.4) is 0 Å². The summed E-state index contributed by atoms with van der Waals surface area (Å²) in [5.41, 5.74) is 4.25. The zero-order valence-corrected chi connectivity index (χ0v) is 27.3. The molecule has 2 heterocycles. The monoisotopic (exact) mass is 682 g/mol. The van der Waals surface area contributed by atoms with Crippen LogP contribution in [0.2, 0.25) is 10.0 Å². The number of nitrogens with one attached hydrogen (secondary N) is 2. The molecule has 48 heavy (non-hydrogen) atoms. The van der Waals surface area contributed by atoms with Crippen molar-refractivity contribution in [2.75, 3.05) is 49.4 Å².